The lowest BCUT2D eigenvalue weighted by Crippen LogP contribution is -2.30. The third-order valence-corrected chi connectivity index (χ3v) is 3.45. The number of benzene rings is 1. The van der Waals surface area contributed by atoms with Crippen molar-refractivity contribution in [2.24, 2.45) is 0 Å². The minimum atomic E-state index is -4.53. The molecule has 1 N–H and O–H groups in total. The van der Waals surface area contributed by atoms with Crippen LogP contribution in [0.1, 0.15) is 18.4 Å². The molecule has 1 fully saturated rings. The molecule has 1 aromatic rings. The number of halogens is 5. The minimum Gasteiger partial charge on any atom is -0.325 e. The number of hydrogen-bond donors (Lipinski definition) is 1. The standard InChI is InChI=1S/C13H14ClF3N2O.ClH/c14-11-4-3-9(7-10(11)13(15,16)17)18-12(20)8-19-5-1-2-6-19;/h3-4,7H,1-2,5-6,8H2,(H,18,20);1H. The number of carbonyl (C=O) groups excluding carboxylic acids is 1. The van der Waals surface area contributed by atoms with Crippen molar-refractivity contribution in [1.29, 1.82) is 0 Å². The third-order valence-electron chi connectivity index (χ3n) is 3.12. The Balaban J connectivity index is 0.00000220. The zero-order chi connectivity index (χ0) is 14.8. The fraction of sp³-hybridized carbons (Fsp3) is 0.462. The second-order valence-electron chi connectivity index (χ2n) is 4.72. The normalized spacial score (nSPS) is 15.6. The second kappa shape index (κ2) is 7.33. The highest BCUT2D eigenvalue weighted by atomic mass is 35.5. The Labute approximate surface area is 131 Å². The van der Waals surface area contributed by atoms with Crippen LogP contribution in [0.4, 0.5) is 18.9 Å². The van der Waals surface area contributed by atoms with E-state index < -0.39 is 11.7 Å². The summed E-state index contributed by atoms with van der Waals surface area (Å²) < 4.78 is 38.1. The molecule has 1 heterocycles. The molecule has 1 amide bonds. The van der Waals surface area contributed by atoms with Crippen LogP contribution in [0.5, 0.6) is 0 Å². The van der Waals surface area contributed by atoms with Gasteiger partial charge in [0.05, 0.1) is 17.1 Å². The molecule has 0 unspecified atom stereocenters. The molecule has 21 heavy (non-hydrogen) atoms. The largest absolute Gasteiger partial charge is 0.417 e. The molecule has 1 saturated heterocycles. The summed E-state index contributed by atoms with van der Waals surface area (Å²) in [6.07, 6.45) is -2.44. The summed E-state index contributed by atoms with van der Waals surface area (Å²) in [6.45, 7) is 1.90. The van der Waals surface area contributed by atoms with Crippen LogP contribution in [0.25, 0.3) is 0 Å². The molecule has 0 aromatic heterocycles. The lowest BCUT2D eigenvalue weighted by Gasteiger charge is -2.15. The zero-order valence-corrected chi connectivity index (χ0v) is 12.6. The van der Waals surface area contributed by atoms with Crippen LogP contribution < -0.4 is 5.32 Å². The van der Waals surface area contributed by atoms with Gasteiger partial charge in [0.15, 0.2) is 0 Å². The van der Waals surface area contributed by atoms with Crippen molar-refractivity contribution in [2.45, 2.75) is 19.0 Å². The number of anilines is 1. The number of carbonyl (C=O) groups is 1. The van der Waals surface area contributed by atoms with Crippen LogP contribution in [0.15, 0.2) is 18.2 Å². The van der Waals surface area contributed by atoms with E-state index in [2.05, 4.69) is 5.32 Å². The molecule has 8 heteroatoms. The number of nitrogens with one attached hydrogen (secondary N) is 1. The van der Waals surface area contributed by atoms with Gasteiger partial charge in [-0.2, -0.15) is 13.2 Å². The van der Waals surface area contributed by atoms with E-state index in [-0.39, 0.29) is 35.6 Å². The van der Waals surface area contributed by atoms with Gasteiger partial charge >= 0.3 is 6.18 Å². The average Bonchev–Trinajstić information content (AvgIpc) is 2.83. The van der Waals surface area contributed by atoms with Crippen molar-refractivity contribution in [1.82, 2.24) is 4.90 Å². The molecule has 0 saturated carbocycles. The number of hydrogen-bond acceptors (Lipinski definition) is 2. The average molecular weight is 343 g/mol. The molecule has 1 aliphatic rings. The van der Waals surface area contributed by atoms with E-state index in [0.29, 0.717) is 0 Å². The molecule has 1 aromatic carbocycles. The predicted molar refractivity (Wildman–Crippen MR) is 78.0 cm³/mol. The first-order chi connectivity index (χ1) is 9.36. The molecule has 0 bridgehead atoms. The maximum absolute atomic E-state index is 12.7. The molecule has 0 spiro atoms. The van der Waals surface area contributed by atoms with Gasteiger partial charge in [0.1, 0.15) is 0 Å². The summed E-state index contributed by atoms with van der Waals surface area (Å²) in [5.41, 5.74) is -0.843. The van der Waals surface area contributed by atoms with E-state index in [9.17, 15) is 18.0 Å². The Kier molecular flexibility index (Phi) is 6.31. The van der Waals surface area contributed by atoms with Crippen LogP contribution in [-0.4, -0.2) is 30.4 Å². The van der Waals surface area contributed by atoms with Gasteiger partial charge in [0.2, 0.25) is 5.91 Å². The van der Waals surface area contributed by atoms with Gasteiger partial charge in [-0.3, -0.25) is 9.69 Å². The lowest BCUT2D eigenvalue weighted by molar-refractivity contribution is -0.137. The summed E-state index contributed by atoms with van der Waals surface area (Å²) in [7, 11) is 0. The molecule has 0 atom stereocenters. The van der Waals surface area contributed by atoms with Gasteiger partial charge in [-0.05, 0) is 44.1 Å². The van der Waals surface area contributed by atoms with Gasteiger partial charge in [-0.1, -0.05) is 11.6 Å². The number of rotatable bonds is 3. The lowest BCUT2D eigenvalue weighted by atomic mass is 10.2. The Morgan fingerprint density at radius 1 is 1.29 bits per heavy atom. The number of nitrogens with zero attached hydrogens (tertiary/aromatic N) is 1. The van der Waals surface area contributed by atoms with Gasteiger partial charge in [0.25, 0.3) is 0 Å². The van der Waals surface area contributed by atoms with Crippen molar-refractivity contribution in [3.8, 4) is 0 Å². The maximum Gasteiger partial charge on any atom is 0.417 e. The topological polar surface area (TPSA) is 32.3 Å². The third kappa shape index (κ3) is 5.05. The first-order valence-electron chi connectivity index (χ1n) is 6.25. The number of amides is 1. The van der Waals surface area contributed by atoms with E-state index >= 15 is 0 Å². The fourth-order valence-electron chi connectivity index (χ4n) is 2.16. The molecule has 2 rings (SSSR count). The molecule has 0 radical (unpaired) electrons. The Morgan fingerprint density at radius 2 is 1.90 bits per heavy atom. The monoisotopic (exact) mass is 342 g/mol. The summed E-state index contributed by atoms with van der Waals surface area (Å²) in [6, 6.07) is 3.35. The van der Waals surface area contributed by atoms with Crippen molar-refractivity contribution in [2.75, 3.05) is 25.0 Å². The summed E-state index contributed by atoms with van der Waals surface area (Å²) in [5, 5.41) is 2.09. The van der Waals surface area contributed by atoms with Crippen molar-refractivity contribution >= 4 is 35.6 Å². The number of likely N-dealkylation sites (tertiary alicyclic amines) is 1. The Morgan fingerprint density at radius 3 is 2.48 bits per heavy atom. The van der Waals surface area contributed by atoms with Gasteiger partial charge < -0.3 is 5.32 Å². The summed E-state index contributed by atoms with van der Waals surface area (Å²) in [5.74, 6) is -0.317. The van der Waals surface area contributed by atoms with Crippen LogP contribution >= 0.6 is 24.0 Å². The highest BCUT2D eigenvalue weighted by Crippen LogP contribution is 2.36. The molecule has 118 valence electrons. The molecule has 3 nitrogen and oxygen atoms in total. The SMILES string of the molecule is Cl.O=C(CN1CCCC1)Nc1ccc(Cl)c(C(F)(F)F)c1. The van der Waals surface area contributed by atoms with Crippen LogP contribution in [-0.2, 0) is 11.0 Å². The van der Waals surface area contributed by atoms with Crippen molar-refractivity contribution in [3.05, 3.63) is 28.8 Å². The minimum absolute atomic E-state index is 0. The van der Waals surface area contributed by atoms with E-state index in [0.717, 1.165) is 38.1 Å². The van der Waals surface area contributed by atoms with Crippen LogP contribution in [0.3, 0.4) is 0 Å². The second-order valence-corrected chi connectivity index (χ2v) is 5.13. The zero-order valence-electron chi connectivity index (χ0n) is 11.0. The maximum atomic E-state index is 12.7. The quantitative estimate of drug-likeness (QED) is 0.905. The number of alkyl halides is 3. The van der Waals surface area contributed by atoms with Crippen molar-refractivity contribution < 1.29 is 18.0 Å². The van der Waals surface area contributed by atoms with E-state index in [1.54, 1.807) is 0 Å². The molecular weight excluding hydrogens is 328 g/mol. The summed E-state index contributed by atoms with van der Waals surface area (Å²) in [4.78, 5) is 13.7. The highest BCUT2D eigenvalue weighted by Gasteiger charge is 2.33. The van der Waals surface area contributed by atoms with Gasteiger partial charge in [-0.25, -0.2) is 0 Å². The van der Waals surface area contributed by atoms with E-state index in [1.807, 2.05) is 4.90 Å². The first kappa shape index (κ1) is 18.1. The Hall–Kier alpha value is -0.980. The first-order valence-corrected chi connectivity index (χ1v) is 6.63. The molecule has 1 aliphatic heterocycles. The highest BCUT2D eigenvalue weighted by molar-refractivity contribution is 6.31. The van der Waals surface area contributed by atoms with Crippen molar-refractivity contribution in [3.63, 3.8) is 0 Å². The summed E-state index contributed by atoms with van der Waals surface area (Å²) >= 11 is 5.51. The van der Waals surface area contributed by atoms with E-state index in [4.69, 9.17) is 11.6 Å². The molecule has 0 aliphatic carbocycles. The predicted octanol–water partition coefficient (Wildman–Crippen LogP) is 3.81. The van der Waals surface area contributed by atoms with Crippen LogP contribution in [0, 0.1) is 0 Å². The smallest absolute Gasteiger partial charge is 0.325 e. The van der Waals surface area contributed by atoms with E-state index in [1.165, 1.54) is 6.07 Å². The van der Waals surface area contributed by atoms with Gasteiger partial charge in [0, 0.05) is 5.69 Å². The Bertz CT molecular complexity index is 503. The fourth-order valence-corrected chi connectivity index (χ4v) is 2.39. The van der Waals surface area contributed by atoms with Gasteiger partial charge in [-0.15, -0.1) is 12.4 Å². The molecular formula is C13H15Cl2F3N2O. The van der Waals surface area contributed by atoms with Crippen LogP contribution in [0.2, 0.25) is 5.02 Å².